The number of anilines is 1. The molecule has 2 heterocycles. The van der Waals surface area contributed by atoms with Gasteiger partial charge >= 0.3 is 0 Å². The van der Waals surface area contributed by atoms with Crippen LogP contribution in [0.5, 0.6) is 0 Å². The maximum Gasteiger partial charge on any atom is 0.0900 e. The molecule has 92 valence electrons. The predicted molar refractivity (Wildman–Crippen MR) is 71.6 cm³/mol. The number of rotatable bonds is 3. The molecule has 1 N–H and O–H groups in total. The van der Waals surface area contributed by atoms with Crippen molar-refractivity contribution in [3.8, 4) is 0 Å². The van der Waals surface area contributed by atoms with Gasteiger partial charge in [0.2, 0.25) is 0 Å². The normalized spacial score (nSPS) is 12.8. The number of hydrogen-bond donors (Lipinski definition) is 1. The molecule has 0 saturated heterocycles. The van der Waals surface area contributed by atoms with Crippen LogP contribution in [0.15, 0.2) is 6.20 Å². The first-order chi connectivity index (χ1) is 7.97. The molecule has 1 atom stereocenters. The number of nitrogens with zero attached hydrogens (tertiary/aromatic N) is 3. The Morgan fingerprint density at radius 3 is 2.47 bits per heavy atom. The van der Waals surface area contributed by atoms with E-state index in [0.717, 1.165) is 22.1 Å². The monoisotopic (exact) mass is 250 g/mol. The molecular weight excluding hydrogens is 232 g/mol. The van der Waals surface area contributed by atoms with Crippen molar-refractivity contribution in [1.29, 1.82) is 0 Å². The smallest absolute Gasteiger partial charge is 0.0900 e. The zero-order valence-electron chi connectivity index (χ0n) is 10.9. The molecule has 0 aliphatic rings. The Morgan fingerprint density at radius 1 is 1.29 bits per heavy atom. The lowest BCUT2D eigenvalue weighted by atomic mass is 10.2. The first-order valence-electron chi connectivity index (χ1n) is 5.68. The molecule has 0 spiro atoms. The van der Waals surface area contributed by atoms with Crippen LogP contribution < -0.4 is 5.32 Å². The van der Waals surface area contributed by atoms with Crippen molar-refractivity contribution < 1.29 is 0 Å². The molecule has 0 radical (unpaired) electrons. The summed E-state index contributed by atoms with van der Waals surface area (Å²) in [6.45, 7) is 8.28. The Balaban J connectivity index is 2.19. The maximum atomic E-state index is 4.46. The number of nitrogens with one attached hydrogen (secondary N) is 1. The molecule has 0 aromatic carbocycles. The fraction of sp³-hybridized carbons (Fsp3) is 0.500. The Morgan fingerprint density at radius 2 is 2.00 bits per heavy atom. The highest BCUT2D eigenvalue weighted by molar-refractivity contribution is 7.11. The topological polar surface area (TPSA) is 42.7 Å². The Labute approximate surface area is 106 Å². The molecule has 0 amide bonds. The maximum absolute atomic E-state index is 4.46. The summed E-state index contributed by atoms with van der Waals surface area (Å²) in [4.78, 5) is 5.76. The predicted octanol–water partition coefficient (Wildman–Crippen LogP) is 2.97. The molecule has 2 rings (SSSR count). The first-order valence-corrected chi connectivity index (χ1v) is 6.49. The van der Waals surface area contributed by atoms with Gasteiger partial charge in [0, 0.05) is 18.1 Å². The van der Waals surface area contributed by atoms with E-state index in [1.807, 2.05) is 31.8 Å². The van der Waals surface area contributed by atoms with Gasteiger partial charge in [0.05, 0.1) is 28.1 Å². The minimum absolute atomic E-state index is 0.268. The SMILES string of the molecule is Cc1nc(C)c(C(C)Nc2cn(C)nc2C)s1. The van der Waals surface area contributed by atoms with E-state index in [4.69, 9.17) is 0 Å². The lowest BCUT2D eigenvalue weighted by molar-refractivity contribution is 0.756. The van der Waals surface area contributed by atoms with E-state index >= 15 is 0 Å². The zero-order valence-corrected chi connectivity index (χ0v) is 11.7. The van der Waals surface area contributed by atoms with Crippen LogP contribution in [0.25, 0.3) is 0 Å². The van der Waals surface area contributed by atoms with Crippen molar-refractivity contribution >= 4 is 17.0 Å². The van der Waals surface area contributed by atoms with E-state index < -0.39 is 0 Å². The van der Waals surface area contributed by atoms with E-state index in [-0.39, 0.29) is 6.04 Å². The third kappa shape index (κ3) is 2.49. The number of thiazole rings is 1. The van der Waals surface area contributed by atoms with Crippen LogP contribution in [0.1, 0.15) is 34.2 Å². The standard InChI is InChI=1S/C12H18N4S/c1-7-11(6-16(5)15-7)14-9(3)12-8(2)13-10(4)17-12/h6,9,14H,1-5H3. The summed E-state index contributed by atoms with van der Waals surface area (Å²) in [6.07, 6.45) is 2.01. The van der Waals surface area contributed by atoms with Crippen LogP contribution in [0.2, 0.25) is 0 Å². The van der Waals surface area contributed by atoms with Crippen LogP contribution >= 0.6 is 11.3 Å². The Bertz CT molecular complexity index is 527. The molecular formula is C12H18N4S. The average Bonchev–Trinajstić information content (AvgIpc) is 2.70. The van der Waals surface area contributed by atoms with Gasteiger partial charge in [-0.3, -0.25) is 4.68 Å². The molecule has 0 aliphatic carbocycles. The zero-order chi connectivity index (χ0) is 12.6. The Hall–Kier alpha value is -1.36. The van der Waals surface area contributed by atoms with Crippen molar-refractivity contribution in [3.63, 3.8) is 0 Å². The second-order valence-electron chi connectivity index (χ2n) is 4.35. The van der Waals surface area contributed by atoms with Crippen LogP contribution in [0.4, 0.5) is 5.69 Å². The third-order valence-electron chi connectivity index (χ3n) is 2.72. The van der Waals surface area contributed by atoms with Crippen LogP contribution in [-0.4, -0.2) is 14.8 Å². The van der Waals surface area contributed by atoms with Crippen molar-refractivity contribution in [2.24, 2.45) is 7.05 Å². The van der Waals surface area contributed by atoms with E-state index in [2.05, 4.69) is 29.2 Å². The lowest BCUT2D eigenvalue weighted by Gasteiger charge is -2.13. The molecule has 17 heavy (non-hydrogen) atoms. The minimum atomic E-state index is 0.268. The van der Waals surface area contributed by atoms with Gasteiger partial charge in [-0.2, -0.15) is 5.10 Å². The lowest BCUT2D eigenvalue weighted by Crippen LogP contribution is -2.06. The number of hydrogen-bond acceptors (Lipinski definition) is 4. The van der Waals surface area contributed by atoms with Gasteiger partial charge in [-0.05, 0) is 27.7 Å². The van der Waals surface area contributed by atoms with Crippen molar-refractivity contribution in [2.75, 3.05) is 5.32 Å². The fourth-order valence-corrected chi connectivity index (χ4v) is 2.92. The molecule has 1 unspecified atom stereocenters. The summed E-state index contributed by atoms with van der Waals surface area (Å²) < 4.78 is 1.83. The molecule has 0 fully saturated rings. The van der Waals surface area contributed by atoms with Gasteiger partial charge in [-0.15, -0.1) is 11.3 Å². The van der Waals surface area contributed by atoms with Crippen LogP contribution in [0, 0.1) is 20.8 Å². The van der Waals surface area contributed by atoms with Crippen LogP contribution in [0.3, 0.4) is 0 Å². The van der Waals surface area contributed by atoms with E-state index in [0.29, 0.717) is 0 Å². The molecule has 0 aliphatic heterocycles. The molecule has 5 heteroatoms. The summed E-state index contributed by atoms with van der Waals surface area (Å²) in [5.74, 6) is 0. The summed E-state index contributed by atoms with van der Waals surface area (Å²) in [5, 5.41) is 8.94. The molecule has 0 bridgehead atoms. The van der Waals surface area contributed by atoms with Gasteiger partial charge in [0.15, 0.2) is 0 Å². The van der Waals surface area contributed by atoms with E-state index in [1.165, 1.54) is 4.88 Å². The Kier molecular flexibility index (Phi) is 3.19. The summed E-state index contributed by atoms with van der Waals surface area (Å²) in [6, 6.07) is 0.268. The number of aromatic nitrogens is 3. The summed E-state index contributed by atoms with van der Waals surface area (Å²) in [7, 11) is 1.94. The van der Waals surface area contributed by atoms with Crippen molar-refractivity contribution in [3.05, 3.63) is 27.5 Å². The second kappa shape index (κ2) is 4.49. The van der Waals surface area contributed by atoms with Crippen LogP contribution in [-0.2, 0) is 7.05 Å². The second-order valence-corrected chi connectivity index (χ2v) is 5.59. The third-order valence-corrected chi connectivity index (χ3v) is 3.97. The van der Waals surface area contributed by atoms with E-state index in [9.17, 15) is 0 Å². The minimum Gasteiger partial charge on any atom is -0.375 e. The van der Waals surface area contributed by atoms with Gasteiger partial charge in [-0.25, -0.2) is 4.98 Å². The quantitative estimate of drug-likeness (QED) is 0.910. The average molecular weight is 250 g/mol. The largest absolute Gasteiger partial charge is 0.375 e. The molecule has 2 aromatic heterocycles. The van der Waals surface area contributed by atoms with Gasteiger partial charge < -0.3 is 5.32 Å². The summed E-state index contributed by atoms with van der Waals surface area (Å²) >= 11 is 1.75. The fourth-order valence-electron chi connectivity index (χ4n) is 1.99. The van der Waals surface area contributed by atoms with Gasteiger partial charge in [-0.1, -0.05) is 0 Å². The van der Waals surface area contributed by atoms with E-state index in [1.54, 1.807) is 11.3 Å². The van der Waals surface area contributed by atoms with Gasteiger partial charge in [0.25, 0.3) is 0 Å². The van der Waals surface area contributed by atoms with Gasteiger partial charge in [0.1, 0.15) is 0 Å². The first kappa shape index (κ1) is 12.1. The highest BCUT2D eigenvalue weighted by Crippen LogP contribution is 2.28. The van der Waals surface area contributed by atoms with Crippen molar-refractivity contribution in [1.82, 2.24) is 14.8 Å². The molecule has 2 aromatic rings. The number of aryl methyl sites for hydroxylation is 4. The van der Waals surface area contributed by atoms with Crippen molar-refractivity contribution in [2.45, 2.75) is 33.7 Å². The molecule has 4 nitrogen and oxygen atoms in total. The highest BCUT2D eigenvalue weighted by atomic mass is 32.1. The summed E-state index contributed by atoms with van der Waals surface area (Å²) in [5.41, 5.74) is 3.23. The highest BCUT2D eigenvalue weighted by Gasteiger charge is 2.14. The molecule has 0 saturated carbocycles.